The topological polar surface area (TPSA) is 52.9 Å². The molecule has 176 valence electrons. The van der Waals surface area contributed by atoms with E-state index in [9.17, 15) is 4.79 Å². The molecule has 3 heterocycles. The van der Waals surface area contributed by atoms with Gasteiger partial charge in [0.1, 0.15) is 24.0 Å². The van der Waals surface area contributed by atoms with E-state index >= 15 is 0 Å². The van der Waals surface area contributed by atoms with E-state index in [4.69, 9.17) is 14.2 Å². The van der Waals surface area contributed by atoms with Crippen LogP contribution in [0, 0.1) is 6.92 Å². The Kier molecular flexibility index (Phi) is 5.11. The molecule has 6 heteroatoms. The van der Waals surface area contributed by atoms with Crippen molar-refractivity contribution in [2.45, 2.75) is 20.0 Å². The summed E-state index contributed by atoms with van der Waals surface area (Å²) in [6.45, 7) is 3.84. The molecule has 0 amide bonds. The van der Waals surface area contributed by atoms with Crippen molar-refractivity contribution >= 4 is 22.8 Å². The molecule has 0 aliphatic carbocycles. The largest absolute Gasteiger partial charge is 0.497 e. The van der Waals surface area contributed by atoms with Crippen molar-refractivity contribution in [3.05, 3.63) is 94.4 Å². The summed E-state index contributed by atoms with van der Waals surface area (Å²) in [6.07, 6.45) is 3.84. The van der Waals surface area contributed by atoms with Crippen LogP contribution in [0.1, 0.15) is 32.6 Å². The quantitative estimate of drug-likeness (QED) is 0.374. The fraction of sp³-hybridized carbons (Fsp3) is 0.207. The van der Waals surface area contributed by atoms with Gasteiger partial charge in [0.05, 0.1) is 18.2 Å². The lowest BCUT2D eigenvalue weighted by atomic mass is 9.98. The maximum Gasteiger partial charge on any atom is 0.232 e. The number of ketones is 1. The van der Waals surface area contributed by atoms with Gasteiger partial charge in [0.15, 0.2) is 5.76 Å². The molecule has 6 nitrogen and oxygen atoms in total. The van der Waals surface area contributed by atoms with E-state index in [1.807, 2.05) is 73.3 Å². The monoisotopic (exact) mass is 466 g/mol. The van der Waals surface area contributed by atoms with Gasteiger partial charge in [-0.3, -0.25) is 9.69 Å². The fourth-order valence-corrected chi connectivity index (χ4v) is 5.00. The van der Waals surface area contributed by atoms with Crippen molar-refractivity contribution in [3.8, 4) is 17.2 Å². The minimum atomic E-state index is -0.0969. The Bertz CT molecular complexity index is 1500. The van der Waals surface area contributed by atoms with Crippen molar-refractivity contribution in [2.24, 2.45) is 7.05 Å². The lowest BCUT2D eigenvalue weighted by Gasteiger charge is -2.30. The van der Waals surface area contributed by atoms with Crippen molar-refractivity contribution in [3.63, 3.8) is 0 Å². The van der Waals surface area contributed by atoms with Gasteiger partial charge in [-0.2, -0.15) is 0 Å². The molecular formula is C29H26N2O4. The fourth-order valence-electron chi connectivity index (χ4n) is 5.00. The molecule has 0 atom stereocenters. The minimum absolute atomic E-state index is 0.0969. The van der Waals surface area contributed by atoms with E-state index in [1.165, 1.54) is 5.56 Å². The predicted octanol–water partition coefficient (Wildman–Crippen LogP) is 5.46. The first-order valence-corrected chi connectivity index (χ1v) is 11.6. The normalized spacial score (nSPS) is 16.2. The third-order valence-corrected chi connectivity index (χ3v) is 6.75. The number of Topliss-reactive ketones (excluding diaryl/α,β-unsaturated/α-hetero) is 1. The van der Waals surface area contributed by atoms with Crippen LogP contribution in [-0.4, -0.2) is 29.1 Å². The average Bonchev–Trinajstić information content (AvgIpc) is 3.37. The molecule has 1 aromatic heterocycles. The van der Waals surface area contributed by atoms with Gasteiger partial charge >= 0.3 is 0 Å². The number of carbonyl (C=O) groups is 1. The Morgan fingerprint density at radius 3 is 2.74 bits per heavy atom. The van der Waals surface area contributed by atoms with Gasteiger partial charge < -0.3 is 18.8 Å². The van der Waals surface area contributed by atoms with E-state index in [0.29, 0.717) is 30.3 Å². The third kappa shape index (κ3) is 3.67. The maximum absolute atomic E-state index is 13.5. The molecular weight excluding hydrogens is 440 g/mol. The molecule has 35 heavy (non-hydrogen) atoms. The van der Waals surface area contributed by atoms with E-state index in [0.717, 1.165) is 45.6 Å². The number of hydrogen-bond acceptors (Lipinski definition) is 5. The highest BCUT2D eigenvalue weighted by Crippen LogP contribution is 2.44. The summed E-state index contributed by atoms with van der Waals surface area (Å²) in [5.41, 5.74) is 5.59. The van der Waals surface area contributed by atoms with E-state index < -0.39 is 0 Å². The molecule has 0 bridgehead atoms. The number of aromatic nitrogens is 1. The molecule has 0 saturated carbocycles. The van der Waals surface area contributed by atoms with Crippen LogP contribution in [0.15, 0.2) is 66.6 Å². The molecule has 0 spiro atoms. The molecule has 4 aromatic rings. The van der Waals surface area contributed by atoms with Gasteiger partial charge in [-0.05, 0) is 48.4 Å². The van der Waals surface area contributed by atoms with Gasteiger partial charge in [-0.15, -0.1) is 0 Å². The molecule has 2 aliphatic rings. The molecule has 0 N–H and O–H groups in total. The second kappa shape index (κ2) is 8.32. The van der Waals surface area contributed by atoms with Crippen LogP contribution in [0.3, 0.4) is 0 Å². The summed E-state index contributed by atoms with van der Waals surface area (Å²) < 4.78 is 19.8. The standard InChI is InChI=1S/C29H26N2O4/c1-18-11-25-23(16-31(17-34-25)14-19-7-5-4-6-8-19)29-27(18)28(32)26(35-29)12-20-15-30(2)24-10-9-21(33-3)13-22(20)24/h4-13,15H,14,16-17H2,1-3H3/b26-12-. The van der Waals surface area contributed by atoms with Crippen LogP contribution in [0.2, 0.25) is 0 Å². The molecule has 0 radical (unpaired) electrons. The first kappa shape index (κ1) is 21.5. The zero-order chi connectivity index (χ0) is 24.1. The number of rotatable bonds is 4. The summed E-state index contributed by atoms with van der Waals surface area (Å²) >= 11 is 0. The summed E-state index contributed by atoms with van der Waals surface area (Å²) in [4.78, 5) is 15.7. The molecule has 0 unspecified atom stereocenters. The first-order chi connectivity index (χ1) is 17.0. The Hall–Kier alpha value is -4.03. The van der Waals surface area contributed by atoms with Crippen LogP contribution < -0.4 is 14.2 Å². The van der Waals surface area contributed by atoms with Gasteiger partial charge in [-0.1, -0.05) is 30.3 Å². The van der Waals surface area contributed by atoms with Crippen molar-refractivity contribution < 1.29 is 19.0 Å². The molecule has 0 saturated heterocycles. The lowest BCUT2D eigenvalue weighted by molar-refractivity contribution is 0.0872. The Morgan fingerprint density at radius 2 is 1.94 bits per heavy atom. The number of nitrogens with zero attached hydrogens (tertiary/aromatic N) is 2. The second-order valence-electron chi connectivity index (χ2n) is 9.14. The van der Waals surface area contributed by atoms with E-state index in [-0.39, 0.29) is 5.78 Å². The first-order valence-electron chi connectivity index (χ1n) is 11.6. The highest BCUT2D eigenvalue weighted by molar-refractivity contribution is 6.16. The minimum Gasteiger partial charge on any atom is -0.497 e. The summed E-state index contributed by atoms with van der Waals surface area (Å²) in [5.74, 6) is 2.40. The number of ether oxygens (including phenoxy) is 3. The zero-order valence-electron chi connectivity index (χ0n) is 20.0. The van der Waals surface area contributed by atoms with Gasteiger partial charge in [0, 0.05) is 42.8 Å². The Morgan fingerprint density at radius 1 is 1.11 bits per heavy atom. The second-order valence-corrected chi connectivity index (χ2v) is 9.14. The van der Waals surface area contributed by atoms with E-state index in [1.54, 1.807) is 7.11 Å². The molecule has 2 aliphatic heterocycles. The highest BCUT2D eigenvalue weighted by Gasteiger charge is 2.35. The van der Waals surface area contributed by atoms with Crippen LogP contribution >= 0.6 is 0 Å². The number of methoxy groups -OCH3 is 1. The van der Waals surface area contributed by atoms with Crippen molar-refractivity contribution in [2.75, 3.05) is 13.8 Å². The number of carbonyl (C=O) groups excluding carboxylic acids is 1. The van der Waals surface area contributed by atoms with Gasteiger partial charge in [0.25, 0.3) is 0 Å². The molecule has 6 rings (SSSR count). The molecule has 0 fully saturated rings. The van der Waals surface area contributed by atoms with E-state index in [2.05, 4.69) is 17.0 Å². The summed E-state index contributed by atoms with van der Waals surface area (Å²) in [7, 11) is 3.64. The average molecular weight is 467 g/mol. The van der Waals surface area contributed by atoms with Crippen LogP contribution in [0.5, 0.6) is 17.2 Å². The van der Waals surface area contributed by atoms with Gasteiger partial charge in [0.2, 0.25) is 5.78 Å². The van der Waals surface area contributed by atoms with Crippen LogP contribution in [-0.2, 0) is 20.1 Å². The highest BCUT2D eigenvalue weighted by atomic mass is 16.5. The number of benzene rings is 3. The van der Waals surface area contributed by atoms with Crippen LogP contribution in [0.4, 0.5) is 0 Å². The third-order valence-electron chi connectivity index (χ3n) is 6.75. The number of allylic oxidation sites excluding steroid dienone is 1. The molecule has 3 aromatic carbocycles. The smallest absolute Gasteiger partial charge is 0.232 e. The zero-order valence-corrected chi connectivity index (χ0v) is 20.0. The number of fused-ring (bicyclic) bond motifs is 4. The Balaban J connectivity index is 1.36. The van der Waals surface area contributed by atoms with Crippen LogP contribution in [0.25, 0.3) is 17.0 Å². The summed E-state index contributed by atoms with van der Waals surface area (Å²) in [5, 5.41) is 1.00. The Labute approximate surface area is 203 Å². The summed E-state index contributed by atoms with van der Waals surface area (Å²) in [6, 6.07) is 18.2. The lowest BCUT2D eigenvalue weighted by Crippen LogP contribution is -2.31. The van der Waals surface area contributed by atoms with Crippen molar-refractivity contribution in [1.82, 2.24) is 9.47 Å². The SMILES string of the molecule is COc1ccc2c(c1)c(/C=C1\Oc3c4c(cc(C)c3C1=O)OCN(Cc1ccccc1)C4)cn2C. The van der Waals surface area contributed by atoms with Crippen molar-refractivity contribution in [1.29, 1.82) is 0 Å². The number of hydrogen-bond donors (Lipinski definition) is 0. The van der Waals surface area contributed by atoms with Gasteiger partial charge in [-0.25, -0.2) is 0 Å². The maximum atomic E-state index is 13.5. The predicted molar refractivity (Wildman–Crippen MR) is 135 cm³/mol. The number of aryl methyl sites for hydroxylation is 2.